The Morgan fingerprint density at radius 1 is 1.64 bits per heavy atom. The van der Waals surface area contributed by atoms with Gasteiger partial charge in [0.15, 0.2) is 5.78 Å². The summed E-state index contributed by atoms with van der Waals surface area (Å²) in [6, 6.07) is 3.57. The third-order valence-corrected chi connectivity index (χ3v) is 2.61. The van der Waals surface area contributed by atoms with Crippen molar-refractivity contribution in [2.75, 3.05) is 0 Å². The summed E-state index contributed by atoms with van der Waals surface area (Å²) in [7, 11) is 0. The fourth-order valence-corrected chi connectivity index (χ4v) is 1.43. The van der Waals surface area contributed by atoms with Gasteiger partial charge in [0.25, 0.3) is 0 Å². The van der Waals surface area contributed by atoms with Gasteiger partial charge in [-0.05, 0) is 36.5 Å². The first-order valence-corrected chi connectivity index (χ1v) is 4.90. The summed E-state index contributed by atoms with van der Waals surface area (Å²) < 4.78 is 0. The van der Waals surface area contributed by atoms with E-state index < -0.39 is 0 Å². The van der Waals surface area contributed by atoms with Crippen LogP contribution in [0.25, 0.3) is 0 Å². The minimum atomic E-state index is 0.0530. The topological polar surface area (TPSA) is 30.0 Å². The third-order valence-electron chi connectivity index (χ3n) is 2.61. The van der Waals surface area contributed by atoms with Crippen molar-refractivity contribution in [1.29, 1.82) is 0 Å². The van der Waals surface area contributed by atoms with E-state index in [1.165, 1.54) is 6.42 Å². The summed E-state index contributed by atoms with van der Waals surface area (Å²) in [6.45, 7) is 2.20. The van der Waals surface area contributed by atoms with Crippen molar-refractivity contribution in [3.8, 4) is 0 Å². The van der Waals surface area contributed by atoms with Gasteiger partial charge < -0.3 is 0 Å². The number of allylic oxidation sites excluding steroid dienone is 2. The second-order valence-electron chi connectivity index (χ2n) is 3.84. The molecule has 1 aliphatic carbocycles. The predicted octanol–water partition coefficient (Wildman–Crippen LogP) is 2.48. The lowest BCUT2D eigenvalue weighted by Gasteiger charge is -1.92. The molecule has 0 amide bonds. The summed E-state index contributed by atoms with van der Waals surface area (Å²) in [5, 5.41) is 0. The Hall–Kier alpha value is -1.44. The number of pyridine rings is 1. The molecule has 1 fully saturated rings. The van der Waals surface area contributed by atoms with Crippen LogP contribution in [0.4, 0.5) is 0 Å². The van der Waals surface area contributed by atoms with Crippen molar-refractivity contribution in [2.24, 2.45) is 11.8 Å². The number of rotatable bonds is 3. The molecule has 1 heterocycles. The van der Waals surface area contributed by atoms with Crippen LogP contribution in [-0.4, -0.2) is 10.8 Å². The molecule has 0 N–H and O–H groups in total. The molecule has 0 radical (unpaired) electrons. The Balaban J connectivity index is 1.99. The zero-order valence-electron chi connectivity index (χ0n) is 8.18. The van der Waals surface area contributed by atoms with Crippen molar-refractivity contribution >= 4 is 5.78 Å². The summed E-state index contributed by atoms with van der Waals surface area (Å²) in [6.07, 6.45) is 8.18. The van der Waals surface area contributed by atoms with Crippen LogP contribution in [0.15, 0.2) is 36.7 Å². The third kappa shape index (κ3) is 2.08. The smallest absolute Gasteiger partial charge is 0.187 e. The molecule has 1 aromatic heterocycles. The fraction of sp³-hybridized carbons (Fsp3) is 0.333. The van der Waals surface area contributed by atoms with Gasteiger partial charge in [0.1, 0.15) is 0 Å². The monoisotopic (exact) mass is 187 g/mol. The Bertz CT molecular complexity index is 356. The molecule has 0 bridgehead atoms. The molecule has 72 valence electrons. The highest BCUT2D eigenvalue weighted by Crippen LogP contribution is 2.38. The van der Waals surface area contributed by atoms with Gasteiger partial charge in [-0.2, -0.15) is 0 Å². The molecule has 2 nitrogen and oxygen atoms in total. The normalized spacial score (nSPS) is 25.2. The van der Waals surface area contributed by atoms with Crippen molar-refractivity contribution in [3.05, 3.63) is 42.2 Å². The van der Waals surface area contributed by atoms with Gasteiger partial charge >= 0.3 is 0 Å². The highest BCUT2D eigenvalue weighted by Gasteiger charge is 2.29. The van der Waals surface area contributed by atoms with E-state index >= 15 is 0 Å². The number of aromatic nitrogens is 1. The predicted molar refractivity (Wildman–Crippen MR) is 55.0 cm³/mol. The van der Waals surface area contributed by atoms with Gasteiger partial charge in [0.05, 0.1) is 0 Å². The minimum Gasteiger partial charge on any atom is -0.289 e. The van der Waals surface area contributed by atoms with Crippen LogP contribution in [0.3, 0.4) is 0 Å². The average molecular weight is 187 g/mol. The van der Waals surface area contributed by atoms with Gasteiger partial charge in [-0.15, -0.1) is 0 Å². The molecule has 14 heavy (non-hydrogen) atoms. The molecule has 1 saturated carbocycles. The highest BCUT2D eigenvalue weighted by atomic mass is 16.1. The molecular weight excluding hydrogens is 174 g/mol. The van der Waals surface area contributed by atoms with Gasteiger partial charge in [-0.25, -0.2) is 0 Å². The molecule has 1 aliphatic rings. The first-order chi connectivity index (χ1) is 6.77. The highest BCUT2D eigenvalue weighted by molar-refractivity contribution is 6.04. The Morgan fingerprint density at radius 2 is 2.43 bits per heavy atom. The van der Waals surface area contributed by atoms with E-state index in [1.54, 1.807) is 30.6 Å². The van der Waals surface area contributed by atoms with Crippen LogP contribution in [0.1, 0.15) is 23.7 Å². The van der Waals surface area contributed by atoms with Gasteiger partial charge in [0, 0.05) is 18.0 Å². The maximum absolute atomic E-state index is 11.6. The van der Waals surface area contributed by atoms with E-state index in [0.29, 0.717) is 11.5 Å². The molecule has 0 spiro atoms. The molecule has 0 aliphatic heterocycles. The van der Waals surface area contributed by atoms with Crippen LogP contribution in [0.2, 0.25) is 0 Å². The maximum atomic E-state index is 11.6. The molecule has 2 rings (SSSR count). The lowest BCUT2D eigenvalue weighted by molar-refractivity contribution is 0.104. The molecule has 2 atom stereocenters. The number of hydrogen-bond acceptors (Lipinski definition) is 2. The summed E-state index contributed by atoms with van der Waals surface area (Å²) in [4.78, 5) is 15.5. The maximum Gasteiger partial charge on any atom is 0.187 e. The number of carbonyl (C=O) groups excluding carboxylic acids is 1. The van der Waals surface area contributed by atoms with Crippen LogP contribution >= 0.6 is 0 Å². The summed E-state index contributed by atoms with van der Waals surface area (Å²) in [5.74, 6) is 1.43. The number of hydrogen-bond donors (Lipinski definition) is 0. The molecule has 0 saturated heterocycles. The largest absolute Gasteiger partial charge is 0.289 e. The first-order valence-electron chi connectivity index (χ1n) is 4.90. The van der Waals surface area contributed by atoms with E-state index in [4.69, 9.17) is 0 Å². The van der Waals surface area contributed by atoms with Crippen LogP contribution in [-0.2, 0) is 0 Å². The Labute approximate surface area is 83.7 Å². The molecule has 1 unspecified atom stereocenters. The molecule has 2 heteroatoms. The van der Waals surface area contributed by atoms with E-state index in [1.807, 2.05) is 6.08 Å². The van der Waals surface area contributed by atoms with Crippen LogP contribution in [0.5, 0.6) is 0 Å². The quantitative estimate of drug-likeness (QED) is 0.537. The molecular formula is C12H13NO. The SMILES string of the molecule is C[C@H]1CC1/C=C/C(=O)c1cccnc1. The second-order valence-corrected chi connectivity index (χ2v) is 3.84. The van der Waals surface area contributed by atoms with Crippen molar-refractivity contribution in [1.82, 2.24) is 4.98 Å². The minimum absolute atomic E-state index is 0.0530. The lowest BCUT2D eigenvalue weighted by Crippen LogP contribution is -1.94. The summed E-state index contributed by atoms with van der Waals surface area (Å²) in [5.41, 5.74) is 0.664. The lowest BCUT2D eigenvalue weighted by atomic mass is 10.1. The first kappa shape index (κ1) is 9.13. The zero-order valence-corrected chi connectivity index (χ0v) is 8.18. The zero-order chi connectivity index (χ0) is 9.97. The Kier molecular flexibility index (Phi) is 2.44. The van der Waals surface area contributed by atoms with Crippen molar-refractivity contribution in [3.63, 3.8) is 0 Å². The average Bonchev–Trinajstić information content (AvgIpc) is 2.92. The molecule has 1 aromatic rings. The van der Waals surface area contributed by atoms with Gasteiger partial charge in [0.2, 0.25) is 0 Å². The van der Waals surface area contributed by atoms with Crippen molar-refractivity contribution < 1.29 is 4.79 Å². The van der Waals surface area contributed by atoms with E-state index in [2.05, 4.69) is 11.9 Å². The standard InChI is InChI=1S/C12H13NO/c1-9-7-10(9)4-5-12(14)11-3-2-6-13-8-11/h2-6,8-10H,7H2,1H3/b5-4+/t9-,10?/m0/s1. The van der Waals surface area contributed by atoms with E-state index in [0.717, 1.165) is 5.92 Å². The van der Waals surface area contributed by atoms with E-state index in [9.17, 15) is 4.79 Å². The van der Waals surface area contributed by atoms with Gasteiger partial charge in [-0.1, -0.05) is 13.0 Å². The second kappa shape index (κ2) is 3.74. The van der Waals surface area contributed by atoms with Crippen LogP contribution in [0, 0.1) is 11.8 Å². The number of carbonyl (C=O) groups is 1. The fourth-order valence-electron chi connectivity index (χ4n) is 1.43. The summed E-state index contributed by atoms with van der Waals surface area (Å²) >= 11 is 0. The number of ketones is 1. The van der Waals surface area contributed by atoms with Crippen LogP contribution < -0.4 is 0 Å². The molecule has 0 aromatic carbocycles. The van der Waals surface area contributed by atoms with Crippen molar-refractivity contribution in [2.45, 2.75) is 13.3 Å². The van der Waals surface area contributed by atoms with Gasteiger partial charge in [-0.3, -0.25) is 9.78 Å². The number of nitrogens with zero attached hydrogens (tertiary/aromatic N) is 1. The van der Waals surface area contributed by atoms with E-state index in [-0.39, 0.29) is 5.78 Å². The Morgan fingerprint density at radius 3 is 3.00 bits per heavy atom.